The summed E-state index contributed by atoms with van der Waals surface area (Å²) >= 11 is 0. The molecule has 0 aromatic carbocycles. The van der Waals surface area contributed by atoms with Gasteiger partial charge in [0.1, 0.15) is 0 Å². The van der Waals surface area contributed by atoms with Crippen molar-refractivity contribution in [2.45, 2.75) is 39.7 Å². The van der Waals surface area contributed by atoms with Crippen LogP contribution in [0.3, 0.4) is 0 Å². The lowest BCUT2D eigenvalue weighted by molar-refractivity contribution is 0.302. The van der Waals surface area contributed by atoms with Gasteiger partial charge in [0, 0.05) is 18.7 Å². The SMILES string of the molecule is CCCOc1cncc(CC(N)C(C)C)n1. The summed E-state index contributed by atoms with van der Waals surface area (Å²) in [7, 11) is 0. The zero-order valence-electron chi connectivity index (χ0n) is 10.3. The maximum atomic E-state index is 5.99. The molecule has 0 fully saturated rings. The smallest absolute Gasteiger partial charge is 0.232 e. The van der Waals surface area contributed by atoms with Crippen LogP contribution in [-0.2, 0) is 6.42 Å². The first kappa shape index (κ1) is 12.9. The first-order chi connectivity index (χ1) is 7.63. The highest BCUT2D eigenvalue weighted by molar-refractivity contribution is 5.09. The average Bonchev–Trinajstić information content (AvgIpc) is 2.26. The normalized spacial score (nSPS) is 12.8. The Balaban J connectivity index is 2.59. The van der Waals surface area contributed by atoms with Crippen molar-refractivity contribution in [1.29, 1.82) is 0 Å². The Bertz CT molecular complexity index is 315. The molecule has 0 bridgehead atoms. The third kappa shape index (κ3) is 4.14. The van der Waals surface area contributed by atoms with E-state index < -0.39 is 0 Å². The van der Waals surface area contributed by atoms with Gasteiger partial charge in [-0.15, -0.1) is 0 Å². The van der Waals surface area contributed by atoms with Gasteiger partial charge in [-0.25, -0.2) is 4.98 Å². The van der Waals surface area contributed by atoms with E-state index in [1.165, 1.54) is 0 Å². The van der Waals surface area contributed by atoms with Crippen molar-refractivity contribution in [2.24, 2.45) is 11.7 Å². The highest BCUT2D eigenvalue weighted by Crippen LogP contribution is 2.09. The van der Waals surface area contributed by atoms with Gasteiger partial charge in [0.05, 0.1) is 18.5 Å². The number of rotatable bonds is 6. The topological polar surface area (TPSA) is 61.0 Å². The van der Waals surface area contributed by atoms with Crippen molar-refractivity contribution in [3.8, 4) is 5.88 Å². The van der Waals surface area contributed by atoms with Crippen LogP contribution >= 0.6 is 0 Å². The minimum atomic E-state index is 0.121. The molecule has 16 heavy (non-hydrogen) atoms. The van der Waals surface area contributed by atoms with Crippen LogP contribution in [0.25, 0.3) is 0 Å². The van der Waals surface area contributed by atoms with Gasteiger partial charge >= 0.3 is 0 Å². The van der Waals surface area contributed by atoms with Gasteiger partial charge in [-0.2, -0.15) is 0 Å². The Hall–Kier alpha value is -1.16. The van der Waals surface area contributed by atoms with Crippen molar-refractivity contribution in [1.82, 2.24) is 9.97 Å². The number of hydrogen-bond donors (Lipinski definition) is 1. The Morgan fingerprint density at radius 3 is 2.75 bits per heavy atom. The van der Waals surface area contributed by atoms with E-state index in [4.69, 9.17) is 10.5 Å². The molecule has 1 aromatic rings. The van der Waals surface area contributed by atoms with Gasteiger partial charge in [0.25, 0.3) is 0 Å². The first-order valence-corrected chi connectivity index (χ1v) is 5.82. The quantitative estimate of drug-likeness (QED) is 0.798. The minimum Gasteiger partial charge on any atom is -0.477 e. The summed E-state index contributed by atoms with van der Waals surface area (Å²) in [6, 6.07) is 0.121. The zero-order chi connectivity index (χ0) is 12.0. The second kappa shape index (κ2) is 6.43. The summed E-state index contributed by atoms with van der Waals surface area (Å²) in [5, 5.41) is 0. The fraction of sp³-hybridized carbons (Fsp3) is 0.667. The summed E-state index contributed by atoms with van der Waals surface area (Å²) in [5.74, 6) is 1.04. The van der Waals surface area contributed by atoms with Gasteiger partial charge in [-0.3, -0.25) is 4.98 Å². The molecule has 0 aliphatic rings. The molecular weight excluding hydrogens is 202 g/mol. The number of aromatic nitrogens is 2. The average molecular weight is 223 g/mol. The van der Waals surface area contributed by atoms with Gasteiger partial charge in [-0.1, -0.05) is 20.8 Å². The standard InChI is InChI=1S/C12H21N3O/c1-4-5-16-12-8-14-7-10(15-12)6-11(13)9(2)3/h7-9,11H,4-6,13H2,1-3H3. The molecule has 90 valence electrons. The van der Waals surface area contributed by atoms with Gasteiger partial charge in [0.2, 0.25) is 5.88 Å². The molecule has 2 N–H and O–H groups in total. The van der Waals surface area contributed by atoms with Crippen LogP contribution in [0.2, 0.25) is 0 Å². The van der Waals surface area contributed by atoms with Crippen LogP contribution in [0.15, 0.2) is 12.4 Å². The highest BCUT2D eigenvalue weighted by atomic mass is 16.5. The Labute approximate surface area is 97.2 Å². The fourth-order valence-corrected chi connectivity index (χ4v) is 1.24. The second-order valence-electron chi connectivity index (χ2n) is 4.31. The number of nitrogens with zero attached hydrogens (tertiary/aromatic N) is 2. The summed E-state index contributed by atoms with van der Waals surface area (Å²) in [6.07, 6.45) is 5.10. The van der Waals surface area contributed by atoms with E-state index in [2.05, 4.69) is 30.7 Å². The molecule has 4 heteroatoms. The van der Waals surface area contributed by atoms with Gasteiger partial charge in [0.15, 0.2) is 0 Å². The van der Waals surface area contributed by atoms with Crippen molar-refractivity contribution >= 4 is 0 Å². The number of ether oxygens (including phenoxy) is 1. The first-order valence-electron chi connectivity index (χ1n) is 5.82. The van der Waals surface area contributed by atoms with Crippen molar-refractivity contribution in [3.05, 3.63) is 18.1 Å². The molecule has 1 heterocycles. The van der Waals surface area contributed by atoms with Gasteiger partial charge in [-0.05, 0) is 12.3 Å². The lowest BCUT2D eigenvalue weighted by Gasteiger charge is -2.14. The molecule has 0 spiro atoms. The molecule has 0 saturated heterocycles. The lowest BCUT2D eigenvalue weighted by Crippen LogP contribution is -2.29. The molecule has 0 aliphatic carbocycles. The lowest BCUT2D eigenvalue weighted by atomic mass is 10.0. The highest BCUT2D eigenvalue weighted by Gasteiger charge is 2.10. The summed E-state index contributed by atoms with van der Waals surface area (Å²) in [6.45, 7) is 6.95. The molecule has 0 radical (unpaired) electrons. The summed E-state index contributed by atoms with van der Waals surface area (Å²) in [5.41, 5.74) is 6.89. The van der Waals surface area contributed by atoms with E-state index in [0.29, 0.717) is 18.4 Å². The molecule has 1 unspecified atom stereocenters. The number of nitrogens with two attached hydrogens (primary N) is 1. The van der Waals surface area contributed by atoms with E-state index in [1.807, 2.05) is 0 Å². The molecule has 4 nitrogen and oxygen atoms in total. The van der Waals surface area contributed by atoms with Crippen LogP contribution in [0, 0.1) is 5.92 Å². The fourth-order valence-electron chi connectivity index (χ4n) is 1.24. The maximum absolute atomic E-state index is 5.99. The molecule has 0 aliphatic heterocycles. The van der Waals surface area contributed by atoms with Crippen molar-refractivity contribution in [2.75, 3.05) is 6.61 Å². The largest absolute Gasteiger partial charge is 0.477 e. The predicted molar refractivity (Wildman–Crippen MR) is 64.3 cm³/mol. The van der Waals surface area contributed by atoms with E-state index in [-0.39, 0.29) is 6.04 Å². The van der Waals surface area contributed by atoms with Crippen LogP contribution in [-0.4, -0.2) is 22.6 Å². The number of hydrogen-bond acceptors (Lipinski definition) is 4. The molecule has 1 aromatic heterocycles. The second-order valence-corrected chi connectivity index (χ2v) is 4.31. The van der Waals surface area contributed by atoms with E-state index in [0.717, 1.165) is 18.5 Å². The van der Waals surface area contributed by atoms with Gasteiger partial charge < -0.3 is 10.5 Å². The zero-order valence-corrected chi connectivity index (χ0v) is 10.3. The third-order valence-corrected chi connectivity index (χ3v) is 2.42. The van der Waals surface area contributed by atoms with E-state index in [1.54, 1.807) is 12.4 Å². The molecular formula is C12H21N3O. The van der Waals surface area contributed by atoms with Crippen LogP contribution in [0.1, 0.15) is 32.9 Å². The summed E-state index contributed by atoms with van der Waals surface area (Å²) in [4.78, 5) is 8.47. The van der Waals surface area contributed by atoms with Crippen LogP contribution < -0.4 is 10.5 Å². The summed E-state index contributed by atoms with van der Waals surface area (Å²) < 4.78 is 5.42. The Morgan fingerprint density at radius 2 is 2.12 bits per heavy atom. The van der Waals surface area contributed by atoms with Crippen LogP contribution in [0.4, 0.5) is 0 Å². The molecule has 0 amide bonds. The van der Waals surface area contributed by atoms with E-state index >= 15 is 0 Å². The van der Waals surface area contributed by atoms with Crippen molar-refractivity contribution in [3.63, 3.8) is 0 Å². The van der Waals surface area contributed by atoms with Crippen LogP contribution in [0.5, 0.6) is 5.88 Å². The molecule has 0 saturated carbocycles. The Kier molecular flexibility index (Phi) is 5.19. The third-order valence-electron chi connectivity index (χ3n) is 2.42. The Morgan fingerprint density at radius 1 is 1.38 bits per heavy atom. The molecule has 1 rings (SSSR count). The van der Waals surface area contributed by atoms with E-state index in [9.17, 15) is 0 Å². The minimum absolute atomic E-state index is 0.121. The molecule has 1 atom stereocenters. The predicted octanol–water partition coefficient (Wildman–Crippen LogP) is 1.79. The monoisotopic (exact) mass is 223 g/mol. The van der Waals surface area contributed by atoms with Crippen molar-refractivity contribution < 1.29 is 4.74 Å². The maximum Gasteiger partial charge on any atom is 0.232 e.